The molecule has 2 aromatic rings. The van der Waals surface area contributed by atoms with Crippen LogP contribution in [0, 0.1) is 0 Å². The van der Waals surface area contributed by atoms with Crippen LogP contribution in [0.2, 0.25) is 0 Å². The van der Waals surface area contributed by atoms with Gasteiger partial charge in [0.1, 0.15) is 0 Å². The van der Waals surface area contributed by atoms with Crippen molar-refractivity contribution in [1.82, 2.24) is 0 Å². The molecule has 0 spiro atoms. The fraction of sp³-hybridized carbons (Fsp3) is 0. The second-order valence-electron chi connectivity index (χ2n) is 3.03. The predicted octanol–water partition coefficient (Wildman–Crippen LogP) is 0.0946. The fourth-order valence-electron chi connectivity index (χ4n) is 1.46. The number of primary amides is 2. The van der Waals surface area contributed by atoms with Gasteiger partial charge in [-0.15, -0.1) is 0 Å². The molecule has 1 heterocycles. The number of hydrogen-bond donors (Lipinski definition) is 2. The van der Waals surface area contributed by atoms with E-state index in [1.807, 2.05) is 12.1 Å². The molecule has 0 bridgehead atoms. The van der Waals surface area contributed by atoms with Gasteiger partial charge in [-0.05, 0) is 0 Å². The molecule has 0 aliphatic carbocycles. The van der Waals surface area contributed by atoms with Gasteiger partial charge < -0.3 is 0 Å². The molecule has 1 aromatic carbocycles. The zero-order valence-electron chi connectivity index (χ0n) is 7.69. The van der Waals surface area contributed by atoms with Gasteiger partial charge in [0, 0.05) is 0 Å². The summed E-state index contributed by atoms with van der Waals surface area (Å²) in [6, 6.07) is 7.18. The average molecular weight is 267 g/mol. The van der Waals surface area contributed by atoms with Crippen molar-refractivity contribution in [2.75, 3.05) is 0 Å². The fourth-order valence-corrected chi connectivity index (χ4v) is 3.52. The van der Waals surface area contributed by atoms with E-state index in [2.05, 4.69) is 0 Å². The van der Waals surface area contributed by atoms with E-state index in [1.165, 1.54) is 0 Å². The summed E-state index contributed by atoms with van der Waals surface area (Å²) in [5.41, 5.74) is 10.5. The molecule has 5 heteroatoms. The maximum absolute atomic E-state index is 11.2. The van der Waals surface area contributed by atoms with Crippen molar-refractivity contribution in [3.8, 4) is 0 Å². The Morgan fingerprint density at radius 3 is 1.67 bits per heavy atom. The standard InChI is InChI=1S/C10H8N2O2Se/c11-9(13)7-5-3-1-2-4-6(5)8(15-7)10(12)14/h1-4H,(H2,11,13)(H2,12,14). The second-order valence-corrected chi connectivity index (χ2v) is 5.18. The van der Waals surface area contributed by atoms with Gasteiger partial charge in [0.05, 0.1) is 0 Å². The Balaban J connectivity index is 2.85. The molecule has 1 aromatic heterocycles. The quantitative estimate of drug-likeness (QED) is 0.756. The van der Waals surface area contributed by atoms with Crippen molar-refractivity contribution < 1.29 is 9.59 Å². The van der Waals surface area contributed by atoms with Crippen LogP contribution in [0.1, 0.15) is 18.5 Å². The van der Waals surface area contributed by atoms with Gasteiger partial charge in [-0.25, -0.2) is 0 Å². The van der Waals surface area contributed by atoms with Crippen LogP contribution >= 0.6 is 0 Å². The first-order valence-electron chi connectivity index (χ1n) is 4.22. The normalized spacial score (nSPS) is 10.4. The van der Waals surface area contributed by atoms with Crippen LogP contribution in [0.25, 0.3) is 10.8 Å². The van der Waals surface area contributed by atoms with Crippen molar-refractivity contribution in [1.29, 1.82) is 0 Å². The van der Waals surface area contributed by atoms with Gasteiger partial charge in [-0.2, -0.15) is 0 Å². The molecule has 0 saturated heterocycles. The van der Waals surface area contributed by atoms with Crippen LogP contribution in [0.3, 0.4) is 0 Å². The SMILES string of the molecule is NC(=O)c1[se]c(C(N)=O)c2ccccc12. The maximum atomic E-state index is 11.2. The Morgan fingerprint density at radius 1 is 0.933 bits per heavy atom. The van der Waals surface area contributed by atoms with E-state index in [1.54, 1.807) is 12.1 Å². The topological polar surface area (TPSA) is 86.2 Å². The molecular formula is C10H8N2O2Se. The number of carbonyl (C=O) groups excluding carboxylic acids is 2. The third-order valence-electron chi connectivity index (χ3n) is 2.07. The average Bonchev–Trinajstić information content (AvgIpc) is 2.56. The minimum atomic E-state index is -0.473. The molecule has 4 N–H and O–H groups in total. The predicted molar refractivity (Wildman–Crippen MR) is 57.9 cm³/mol. The number of benzene rings is 1. The Kier molecular flexibility index (Phi) is 2.34. The van der Waals surface area contributed by atoms with Crippen LogP contribution in [0.15, 0.2) is 24.3 Å². The van der Waals surface area contributed by atoms with Gasteiger partial charge in [0.25, 0.3) is 0 Å². The van der Waals surface area contributed by atoms with Crippen molar-refractivity contribution in [2.45, 2.75) is 0 Å². The van der Waals surface area contributed by atoms with Crippen molar-refractivity contribution in [3.05, 3.63) is 33.1 Å². The summed E-state index contributed by atoms with van der Waals surface area (Å²) in [7, 11) is 0. The molecule has 0 radical (unpaired) electrons. The van der Waals surface area contributed by atoms with Crippen molar-refractivity contribution in [3.63, 3.8) is 0 Å². The van der Waals surface area contributed by atoms with E-state index in [0.29, 0.717) is 8.87 Å². The van der Waals surface area contributed by atoms with E-state index in [-0.39, 0.29) is 14.5 Å². The van der Waals surface area contributed by atoms with E-state index in [0.717, 1.165) is 10.8 Å². The molecule has 15 heavy (non-hydrogen) atoms. The minimum absolute atomic E-state index is 0.360. The molecule has 0 aliphatic rings. The third kappa shape index (κ3) is 1.56. The number of carbonyl (C=O) groups is 2. The first kappa shape index (κ1) is 9.96. The van der Waals surface area contributed by atoms with E-state index >= 15 is 0 Å². The molecule has 2 rings (SSSR count). The first-order chi connectivity index (χ1) is 7.11. The Bertz CT molecular complexity index is 512. The molecule has 0 aliphatic heterocycles. The van der Waals surface area contributed by atoms with Gasteiger partial charge in [-0.1, -0.05) is 0 Å². The van der Waals surface area contributed by atoms with Gasteiger partial charge in [0.2, 0.25) is 0 Å². The first-order valence-corrected chi connectivity index (χ1v) is 5.93. The van der Waals surface area contributed by atoms with Crippen molar-refractivity contribution in [2.24, 2.45) is 11.5 Å². The molecular weight excluding hydrogens is 259 g/mol. The molecule has 76 valence electrons. The zero-order valence-corrected chi connectivity index (χ0v) is 9.40. The number of hydrogen-bond acceptors (Lipinski definition) is 2. The Morgan fingerprint density at radius 2 is 1.33 bits per heavy atom. The summed E-state index contributed by atoms with van der Waals surface area (Å²) in [6.45, 7) is 0. The van der Waals surface area contributed by atoms with Crippen LogP contribution in [0.4, 0.5) is 0 Å². The summed E-state index contributed by atoms with van der Waals surface area (Å²) < 4.78 is 1.04. The van der Waals surface area contributed by atoms with Crippen LogP contribution in [-0.2, 0) is 0 Å². The molecule has 0 atom stereocenters. The molecule has 0 saturated carbocycles. The number of amides is 2. The summed E-state index contributed by atoms with van der Waals surface area (Å²) >= 11 is -0.360. The molecule has 0 fully saturated rings. The number of fused-ring (bicyclic) bond motifs is 1. The van der Waals surface area contributed by atoms with Gasteiger partial charge >= 0.3 is 91.3 Å². The van der Waals surface area contributed by atoms with Crippen LogP contribution in [-0.4, -0.2) is 26.3 Å². The third-order valence-corrected chi connectivity index (χ3v) is 4.69. The van der Waals surface area contributed by atoms with Crippen molar-refractivity contribution >= 4 is 37.1 Å². The van der Waals surface area contributed by atoms with Gasteiger partial charge in [-0.3, -0.25) is 0 Å². The Hall–Kier alpha value is -1.58. The number of rotatable bonds is 2. The van der Waals surface area contributed by atoms with Crippen LogP contribution < -0.4 is 11.5 Å². The zero-order chi connectivity index (χ0) is 11.0. The molecule has 0 unspecified atom stereocenters. The molecule has 4 nitrogen and oxygen atoms in total. The second kappa shape index (κ2) is 3.53. The van der Waals surface area contributed by atoms with E-state index in [4.69, 9.17) is 11.5 Å². The Labute approximate surface area is 91.6 Å². The van der Waals surface area contributed by atoms with Crippen LogP contribution in [0.5, 0.6) is 0 Å². The molecule has 2 amide bonds. The van der Waals surface area contributed by atoms with E-state index in [9.17, 15) is 9.59 Å². The van der Waals surface area contributed by atoms with E-state index < -0.39 is 11.8 Å². The monoisotopic (exact) mass is 268 g/mol. The number of nitrogens with two attached hydrogens (primary N) is 2. The summed E-state index contributed by atoms with van der Waals surface area (Å²) in [5, 5.41) is 1.50. The summed E-state index contributed by atoms with van der Waals surface area (Å²) in [6.07, 6.45) is 0. The summed E-state index contributed by atoms with van der Waals surface area (Å²) in [4.78, 5) is 22.3. The van der Waals surface area contributed by atoms with Gasteiger partial charge in [0.15, 0.2) is 0 Å². The summed E-state index contributed by atoms with van der Waals surface area (Å²) in [5.74, 6) is -0.947.